The number of amides is 1. The molecule has 1 atom stereocenters. The summed E-state index contributed by atoms with van der Waals surface area (Å²) in [6.07, 6.45) is 0. The Labute approximate surface area is 161 Å². The van der Waals surface area contributed by atoms with E-state index in [0.29, 0.717) is 5.56 Å². The fourth-order valence-electron chi connectivity index (χ4n) is 2.51. The molecule has 0 aliphatic rings. The van der Waals surface area contributed by atoms with Crippen molar-refractivity contribution >= 4 is 34.2 Å². The Morgan fingerprint density at radius 1 is 1.07 bits per heavy atom. The number of nitrogens with one attached hydrogen (secondary N) is 2. The zero-order chi connectivity index (χ0) is 20.0. The fourth-order valence-corrected chi connectivity index (χ4v) is 3.64. The molecular formula is C19H22N2O5S. The van der Waals surface area contributed by atoms with E-state index in [-0.39, 0.29) is 33.9 Å². The predicted molar refractivity (Wildman–Crippen MR) is 103 cm³/mol. The summed E-state index contributed by atoms with van der Waals surface area (Å²) in [5.74, 6) is -1.53. The lowest BCUT2D eigenvalue weighted by atomic mass is 10.1. The minimum Gasteiger partial charge on any atom is -0.465 e. The third-order valence-corrected chi connectivity index (χ3v) is 5.22. The predicted octanol–water partition coefficient (Wildman–Crippen LogP) is 2.92. The topological polar surface area (TPSA) is 93.7 Å². The van der Waals surface area contributed by atoms with Crippen LogP contribution in [0.15, 0.2) is 30.3 Å². The van der Waals surface area contributed by atoms with E-state index >= 15 is 0 Å². The van der Waals surface area contributed by atoms with Gasteiger partial charge in [0.15, 0.2) is 0 Å². The van der Waals surface area contributed by atoms with Crippen molar-refractivity contribution in [2.24, 2.45) is 0 Å². The third kappa shape index (κ3) is 4.93. The molecule has 0 saturated heterocycles. The lowest BCUT2D eigenvalue weighted by Gasteiger charge is -2.14. The fraction of sp³-hybridized carbons (Fsp3) is 0.316. The molecule has 2 aromatic rings. The second-order valence-electron chi connectivity index (χ2n) is 5.80. The molecule has 0 saturated carbocycles. The van der Waals surface area contributed by atoms with Crippen molar-refractivity contribution in [3.8, 4) is 0 Å². The number of carbonyl (C=O) groups excluding carboxylic acids is 3. The summed E-state index contributed by atoms with van der Waals surface area (Å²) in [6.45, 7) is 3.61. The van der Waals surface area contributed by atoms with E-state index in [1.165, 1.54) is 14.2 Å². The van der Waals surface area contributed by atoms with Gasteiger partial charge in [0.05, 0.1) is 26.3 Å². The largest absolute Gasteiger partial charge is 0.465 e. The van der Waals surface area contributed by atoms with Crippen LogP contribution in [0.3, 0.4) is 0 Å². The monoisotopic (exact) mass is 390 g/mol. The van der Waals surface area contributed by atoms with Crippen LogP contribution in [0, 0.1) is 6.92 Å². The molecule has 0 spiro atoms. The van der Waals surface area contributed by atoms with Crippen molar-refractivity contribution in [2.45, 2.75) is 19.9 Å². The number of rotatable bonds is 7. The van der Waals surface area contributed by atoms with Gasteiger partial charge in [0, 0.05) is 6.04 Å². The first-order valence-electron chi connectivity index (χ1n) is 8.27. The van der Waals surface area contributed by atoms with Gasteiger partial charge in [-0.3, -0.25) is 4.79 Å². The van der Waals surface area contributed by atoms with Crippen molar-refractivity contribution in [3.63, 3.8) is 0 Å². The maximum Gasteiger partial charge on any atom is 0.348 e. The first-order chi connectivity index (χ1) is 12.9. The molecule has 0 aliphatic carbocycles. The molecule has 1 aromatic heterocycles. The Hall–Kier alpha value is -2.71. The second kappa shape index (κ2) is 9.29. The molecule has 0 unspecified atom stereocenters. The average molecular weight is 390 g/mol. The van der Waals surface area contributed by atoms with Crippen LogP contribution < -0.4 is 10.6 Å². The van der Waals surface area contributed by atoms with Gasteiger partial charge in [-0.05, 0) is 25.0 Å². The molecule has 0 bridgehead atoms. The van der Waals surface area contributed by atoms with E-state index < -0.39 is 11.9 Å². The van der Waals surface area contributed by atoms with Crippen molar-refractivity contribution in [1.29, 1.82) is 0 Å². The van der Waals surface area contributed by atoms with E-state index in [4.69, 9.17) is 9.47 Å². The third-order valence-electron chi connectivity index (χ3n) is 4.03. The standard InChI is InChI=1S/C19H22N2O5S/c1-11-15(18(23)25-3)17(27-16(11)19(24)26-4)21-14(22)10-20-12(2)13-8-6-5-7-9-13/h5-9,12,20H,10H2,1-4H3,(H,21,22)/t12-/m0/s1. The van der Waals surface area contributed by atoms with Crippen LogP contribution in [0.25, 0.3) is 0 Å². The van der Waals surface area contributed by atoms with Crippen LogP contribution in [0.2, 0.25) is 0 Å². The summed E-state index contributed by atoms with van der Waals surface area (Å²) in [5.41, 5.74) is 1.63. The van der Waals surface area contributed by atoms with E-state index in [1.807, 2.05) is 37.3 Å². The molecule has 1 heterocycles. The van der Waals surface area contributed by atoms with E-state index in [1.54, 1.807) is 6.92 Å². The van der Waals surface area contributed by atoms with E-state index in [0.717, 1.165) is 16.9 Å². The lowest BCUT2D eigenvalue weighted by Crippen LogP contribution is -2.30. The molecule has 8 heteroatoms. The van der Waals surface area contributed by atoms with Crippen LogP contribution in [0.5, 0.6) is 0 Å². The zero-order valence-corrected chi connectivity index (χ0v) is 16.4. The number of methoxy groups -OCH3 is 2. The van der Waals surface area contributed by atoms with Crippen molar-refractivity contribution in [3.05, 3.63) is 51.9 Å². The highest BCUT2D eigenvalue weighted by molar-refractivity contribution is 7.18. The molecule has 1 amide bonds. The molecular weight excluding hydrogens is 368 g/mol. The summed E-state index contributed by atoms with van der Waals surface area (Å²) < 4.78 is 9.50. The van der Waals surface area contributed by atoms with Gasteiger partial charge in [-0.25, -0.2) is 9.59 Å². The maximum atomic E-state index is 12.3. The summed E-state index contributed by atoms with van der Waals surface area (Å²) in [4.78, 5) is 36.5. The summed E-state index contributed by atoms with van der Waals surface area (Å²) in [6, 6.07) is 9.70. The zero-order valence-electron chi connectivity index (χ0n) is 15.6. The Kier molecular flexibility index (Phi) is 7.09. The van der Waals surface area contributed by atoms with Gasteiger partial charge in [-0.2, -0.15) is 0 Å². The van der Waals surface area contributed by atoms with Crippen LogP contribution in [0.1, 0.15) is 44.1 Å². The van der Waals surface area contributed by atoms with E-state index in [2.05, 4.69) is 10.6 Å². The smallest absolute Gasteiger partial charge is 0.348 e. The highest BCUT2D eigenvalue weighted by Gasteiger charge is 2.26. The van der Waals surface area contributed by atoms with Gasteiger partial charge in [-0.15, -0.1) is 11.3 Å². The number of esters is 2. The number of hydrogen-bond donors (Lipinski definition) is 2. The number of hydrogen-bond acceptors (Lipinski definition) is 7. The highest BCUT2D eigenvalue weighted by Crippen LogP contribution is 2.34. The summed E-state index contributed by atoms with van der Waals surface area (Å²) in [5, 5.41) is 6.07. The van der Waals surface area contributed by atoms with Gasteiger partial charge in [0.25, 0.3) is 0 Å². The number of ether oxygens (including phenoxy) is 2. The first kappa shape index (κ1) is 20.6. The Morgan fingerprint density at radius 3 is 2.30 bits per heavy atom. The molecule has 1 aromatic carbocycles. The van der Waals surface area contributed by atoms with Crippen molar-refractivity contribution < 1.29 is 23.9 Å². The number of benzene rings is 1. The SMILES string of the molecule is COC(=O)c1sc(NC(=O)CN[C@@H](C)c2ccccc2)c(C(=O)OC)c1C. The molecule has 2 N–H and O–H groups in total. The van der Waals surface area contributed by atoms with E-state index in [9.17, 15) is 14.4 Å². The van der Waals surface area contributed by atoms with Crippen LogP contribution >= 0.6 is 11.3 Å². The Bertz CT molecular complexity index is 832. The van der Waals surface area contributed by atoms with Crippen LogP contribution in [0.4, 0.5) is 5.00 Å². The molecule has 27 heavy (non-hydrogen) atoms. The average Bonchev–Trinajstić information content (AvgIpc) is 3.01. The molecule has 0 radical (unpaired) electrons. The van der Waals surface area contributed by atoms with Gasteiger partial charge >= 0.3 is 11.9 Å². The summed E-state index contributed by atoms with van der Waals surface area (Å²) in [7, 11) is 2.50. The minimum absolute atomic E-state index is 0.0206. The quantitative estimate of drug-likeness (QED) is 0.706. The van der Waals surface area contributed by atoms with Gasteiger partial charge < -0.3 is 20.1 Å². The molecule has 144 valence electrons. The summed E-state index contributed by atoms with van der Waals surface area (Å²) >= 11 is 0.986. The van der Waals surface area contributed by atoms with Gasteiger partial charge in [-0.1, -0.05) is 30.3 Å². The number of anilines is 1. The highest BCUT2D eigenvalue weighted by atomic mass is 32.1. The molecule has 0 fully saturated rings. The van der Waals surface area contributed by atoms with Crippen molar-refractivity contribution in [1.82, 2.24) is 5.32 Å². The van der Waals surface area contributed by atoms with Crippen LogP contribution in [-0.4, -0.2) is 38.6 Å². The Balaban J connectivity index is 2.12. The maximum absolute atomic E-state index is 12.3. The van der Waals surface area contributed by atoms with Crippen LogP contribution in [-0.2, 0) is 14.3 Å². The van der Waals surface area contributed by atoms with Gasteiger partial charge in [0.1, 0.15) is 9.88 Å². The molecule has 0 aliphatic heterocycles. The molecule has 2 rings (SSSR count). The van der Waals surface area contributed by atoms with Gasteiger partial charge in [0.2, 0.25) is 5.91 Å². The molecule has 7 nitrogen and oxygen atoms in total. The second-order valence-corrected chi connectivity index (χ2v) is 6.83. The van der Waals surface area contributed by atoms with Crippen molar-refractivity contribution in [2.75, 3.05) is 26.1 Å². The first-order valence-corrected chi connectivity index (χ1v) is 9.08. The normalized spacial score (nSPS) is 11.6. The lowest BCUT2D eigenvalue weighted by molar-refractivity contribution is -0.115. The number of carbonyl (C=O) groups is 3. The number of thiophene rings is 1. The Morgan fingerprint density at radius 2 is 1.70 bits per heavy atom. The minimum atomic E-state index is -0.625.